The Labute approximate surface area is 199 Å². The summed E-state index contributed by atoms with van der Waals surface area (Å²) < 4.78 is 37.8. The summed E-state index contributed by atoms with van der Waals surface area (Å²) in [4.78, 5) is 12.3. The first-order valence-electron chi connectivity index (χ1n) is 11.5. The molecule has 2 aliphatic rings. The van der Waals surface area contributed by atoms with Crippen LogP contribution in [-0.2, 0) is 38.9 Å². The minimum Gasteiger partial charge on any atom is -0.353 e. The number of aromatic nitrogens is 3. The van der Waals surface area contributed by atoms with Crippen molar-refractivity contribution in [1.29, 1.82) is 0 Å². The lowest BCUT2D eigenvalue weighted by Crippen LogP contribution is -2.56. The maximum Gasteiger partial charge on any atom is 0.413 e. The molecule has 2 heterocycles. The Hall–Kier alpha value is -2.38. The van der Waals surface area contributed by atoms with E-state index in [1.54, 1.807) is 6.20 Å². The van der Waals surface area contributed by atoms with Gasteiger partial charge in [-0.3, -0.25) is 9.35 Å². The lowest BCUT2D eigenvalue weighted by Gasteiger charge is -2.31. The van der Waals surface area contributed by atoms with Crippen LogP contribution in [0.15, 0.2) is 24.4 Å². The number of nitrogens with one attached hydrogen (secondary N) is 2. The average Bonchev–Trinajstić information content (AvgIpc) is 3.21. The molecule has 1 aliphatic carbocycles. The highest BCUT2D eigenvalue weighted by Crippen LogP contribution is 2.33. The number of hydrogen-bond acceptors (Lipinski definition) is 8. The first-order valence-corrected chi connectivity index (χ1v) is 12.8. The molecule has 0 bridgehead atoms. The molecule has 0 spiro atoms. The van der Waals surface area contributed by atoms with Crippen molar-refractivity contribution in [3.63, 3.8) is 0 Å². The van der Waals surface area contributed by atoms with Crippen LogP contribution in [0.1, 0.15) is 62.0 Å². The van der Waals surface area contributed by atoms with Crippen LogP contribution in [-0.4, -0.2) is 63.6 Å². The molecule has 1 saturated heterocycles. The molecule has 34 heavy (non-hydrogen) atoms. The molecular weight excluding hydrogens is 460 g/mol. The average molecular weight is 493 g/mol. The molecule has 1 amide bonds. The van der Waals surface area contributed by atoms with Crippen molar-refractivity contribution in [2.45, 2.75) is 70.6 Å². The number of rotatable bonds is 7. The summed E-state index contributed by atoms with van der Waals surface area (Å²) in [6, 6.07) is 5.66. The molecule has 12 heteroatoms. The molecule has 186 valence electrons. The Morgan fingerprint density at radius 2 is 2.12 bits per heavy atom. The number of piperazine rings is 1. The summed E-state index contributed by atoms with van der Waals surface area (Å²) in [5.41, 5.74) is 4.35. The van der Waals surface area contributed by atoms with E-state index in [0.29, 0.717) is 5.69 Å². The van der Waals surface area contributed by atoms with E-state index < -0.39 is 22.3 Å². The largest absolute Gasteiger partial charge is 0.413 e. The molecule has 2 aromatic rings. The van der Waals surface area contributed by atoms with E-state index in [4.69, 9.17) is 4.55 Å². The molecule has 1 aliphatic heterocycles. The van der Waals surface area contributed by atoms with Gasteiger partial charge in [0.15, 0.2) is 0 Å². The highest BCUT2D eigenvalue weighted by molar-refractivity contribution is 7.80. The van der Waals surface area contributed by atoms with Gasteiger partial charge in [0.1, 0.15) is 6.04 Å². The Balaban J connectivity index is 1.49. The zero-order chi connectivity index (χ0) is 24.5. The molecule has 1 aromatic heterocycles. The molecule has 0 radical (unpaired) electrons. The maximum atomic E-state index is 12.3. The van der Waals surface area contributed by atoms with E-state index in [1.807, 2.05) is 4.68 Å². The van der Waals surface area contributed by atoms with E-state index in [2.05, 4.69) is 64.2 Å². The zero-order valence-corrected chi connectivity index (χ0v) is 20.5. The predicted molar refractivity (Wildman–Crippen MR) is 124 cm³/mol. The summed E-state index contributed by atoms with van der Waals surface area (Å²) in [5.74, 6) is -0.399. The number of hydrogen-bond donors (Lipinski definition) is 3. The van der Waals surface area contributed by atoms with Crippen molar-refractivity contribution in [3.8, 4) is 0 Å². The predicted octanol–water partition coefficient (Wildman–Crippen LogP) is 1.17. The van der Waals surface area contributed by atoms with Gasteiger partial charge in [-0.1, -0.05) is 23.4 Å². The molecule has 3 N–H and O–H groups in total. The van der Waals surface area contributed by atoms with E-state index >= 15 is 0 Å². The molecule has 4 rings (SSSR count). The number of carbonyl (C=O) groups excluding carboxylic acids is 1. The van der Waals surface area contributed by atoms with Gasteiger partial charge in [0.05, 0.1) is 11.7 Å². The van der Waals surface area contributed by atoms with Crippen LogP contribution in [0.2, 0.25) is 0 Å². The van der Waals surface area contributed by atoms with Crippen molar-refractivity contribution >= 4 is 16.3 Å². The first-order chi connectivity index (χ1) is 16.0. The smallest absolute Gasteiger partial charge is 0.353 e. The van der Waals surface area contributed by atoms with Gasteiger partial charge in [-0.05, 0) is 56.7 Å². The normalized spacial score (nSPS) is 21.8. The van der Waals surface area contributed by atoms with Crippen LogP contribution in [0.5, 0.6) is 0 Å². The molecule has 11 nitrogen and oxygen atoms in total. The van der Waals surface area contributed by atoms with Gasteiger partial charge >= 0.3 is 10.4 Å². The lowest BCUT2D eigenvalue weighted by molar-refractivity contribution is -0.152. The van der Waals surface area contributed by atoms with Crippen molar-refractivity contribution in [2.75, 3.05) is 13.1 Å². The van der Waals surface area contributed by atoms with Crippen molar-refractivity contribution in [1.82, 2.24) is 30.7 Å². The second-order valence-corrected chi connectivity index (χ2v) is 10.9. The van der Waals surface area contributed by atoms with E-state index in [0.717, 1.165) is 30.9 Å². The minimum absolute atomic E-state index is 0.0416. The van der Waals surface area contributed by atoms with Crippen molar-refractivity contribution in [3.05, 3.63) is 46.8 Å². The minimum atomic E-state index is -4.73. The molecule has 0 saturated carbocycles. The second kappa shape index (κ2) is 9.70. The lowest BCUT2D eigenvalue weighted by atomic mass is 9.86. The molecular formula is C22H32N6O5S. The Kier molecular flexibility index (Phi) is 7.06. The molecule has 1 aromatic carbocycles. The van der Waals surface area contributed by atoms with Crippen LogP contribution in [0.3, 0.4) is 0 Å². The summed E-state index contributed by atoms with van der Waals surface area (Å²) >= 11 is 0. The SMILES string of the molecule is CC(C)(C)NCc1ccc2c(c1)CCC[C@H]2n1cc(CC2C(=O)NCCN2OS(=O)(=O)O)nn1. The number of benzene rings is 1. The van der Waals surface area contributed by atoms with Crippen molar-refractivity contribution in [2.24, 2.45) is 0 Å². The van der Waals surface area contributed by atoms with Crippen LogP contribution in [0, 0.1) is 0 Å². The third-order valence-corrected chi connectivity index (χ3v) is 6.44. The fourth-order valence-electron chi connectivity index (χ4n) is 4.45. The van der Waals surface area contributed by atoms with Crippen LogP contribution in [0.25, 0.3) is 0 Å². The summed E-state index contributed by atoms with van der Waals surface area (Å²) in [6.07, 6.45) is 4.86. The van der Waals surface area contributed by atoms with Crippen LogP contribution in [0.4, 0.5) is 0 Å². The maximum absolute atomic E-state index is 12.3. The number of amides is 1. The highest BCUT2D eigenvalue weighted by Gasteiger charge is 2.34. The zero-order valence-electron chi connectivity index (χ0n) is 19.7. The van der Waals surface area contributed by atoms with Gasteiger partial charge in [0.25, 0.3) is 0 Å². The number of carbonyl (C=O) groups is 1. The fraction of sp³-hybridized carbons (Fsp3) is 0.591. The van der Waals surface area contributed by atoms with Gasteiger partial charge in [0.2, 0.25) is 5.91 Å². The molecule has 2 atom stereocenters. The molecule has 1 fully saturated rings. The van der Waals surface area contributed by atoms with Crippen LogP contribution < -0.4 is 10.6 Å². The fourth-order valence-corrected chi connectivity index (χ4v) is 4.87. The quantitative estimate of drug-likeness (QED) is 0.486. The summed E-state index contributed by atoms with van der Waals surface area (Å²) in [7, 11) is -4.73. The highest BCUT2D eigenvalue weighted by atomic mass is 32.3. The summed E-state index contributed by atoms with van der Waals surface area (Å²) in [6.45, 7) is 7.58. The van der Waals surface area contributed by atoms with Gasteiger partial charge in [-0.25, -0.2) is 4.68 Å². The third kappa shape index (κ3) is 6.19. The topological polar surface area (TPSA) is 139 Å². The monoisotopic (exact) mass is 492 g/mol. The number of nitrogens with zero attached hydrogens (tertiary/aromatic N) is 4. The van der Waals surface area contributed by atoms with Gasteiger partial charge in [-0.15, -0.1) is 5.10 Å². The van der Waals surface area contributed by atoms with Gasteiger partial charge in [0, 0.05) is 37.8 Å². The first kappa shape index (κ1) is 24.7. The third-order valence-electron chi connectivity index (χ3n) is 6.06. The standard InChI is InChI=1S/C22H32N6O5S/c1-22(2,3)24-13-15-7-8-18-16(11-15)5-4-6-19(18)27-14-17(25-26-27)12-20-21(29)23-9-10-28(20)33-34(30,31)32/h7-8,11,14,19-20,24H,4-6,9-10,12-13H2,1-3H3,(H,23,29)(H,30,31,32)/t19-,20?/m1/s1. The number of aryl methyl sites for hydroxylation is 1. The Morgan fingerprint density at radius 3 is 2.85 bits per heavy atom. The van der Waals surface area contributed by atoms with Gasteiger partial charge < -0.3 is 10.6 Å². The Morgan fingerprint density at radius 1 is 1.32 bits per heavy atom. The second-order valence-electron chi connectivity index (χ2n) is 9.89. The summed E-state index contributed by atoms with van der Waals surface area (Å²) in [5, 5.41) is 15.7. The van der Waals surface area contributed by atoms with E-state index in [-0.39, 0.29) is 31.1 Å². The van der Waals surface area contributed by atoms with Crippen LogP contribution >= 0.6 is 0 Å². The Bertz CT molecular complexity index is 1140. The number of hydroxylamine groups is 2. The van der Waals surface area contributed by atoms with Crippen molar-refractivity contribution < 1.29 is 22.0 Å². The van der Waals surface area contributed by atoms with E-state index in [9.17, 15) is 13.2 Å². The molecule has 1 unspecified atom stereocenters. The van der Waals surface area contributed by atoms with Gasteiger partial charge in [-0.2, -0.15) is 17.8 Å². The number of fused-ring (bicyclic) bond motifs is 1. The van der Waals surface area contributed by atoms with E-state index in [1.165, 1.54) is 16.7 Å².